The Hall–Kier alpha value is -4.56. The minimum atomic E-state index is -4.05. The van der Waals surface area contributed by atoms with Crippen LogP contribution in [0.4, 0.5) is 14.5 Å². The van der Waals surface area contributed by atoms with E-state index >= 15 is 4.39 Å². The highest BCUT2D eigenvalue weighted by Crippen LogP contribution is 2.41. The second kappa shape index (κ2) is 12.2. The number of piperazine rings is 1. The maximum absolute atomic E-state index is 16.6. The highest BCUT2D eigenvalue weighted by atomic mass is 32.2. The molecule has 6 rings (SSSR count). The highest BCUT2D eigenvalue weighted by Gasteiger charge is 2.35. The lowest BCUT2D eigenvalue weighted by molar-refractivity contribution is -0.131. The van der Waals surface area contributed by atoms with E-state index in [1.54, 1.807) is 34.9 Å². The fraction of sp³-hybridized carbons (Fsp3) is 0.324. The molecule has 5 aromatic rings. The Morgan fingerprint density at radius 3 is 2.50 bits per heavy atom. The van der Waals surface area contributed by atoms with Crippen LogP contribution >= 0.6 is 12.2 Å². The maximum atomic E-state index is 16.6. The van der Waals surface area contributed by atoms with Gasteiger partial charge in [-0.05, 0) is 56.0 Å². The van der Waals surface area contributed by atoms with Crippen molar-refractivity contribution in [3.63, 3.8) is 0 Å². The van der Waals surface area contributed by atoms with Crippen LogP contribution in [0.5, 0.6) is 0 Å². The van der Waals surface area contributed by atoms with Crippen molar-refractivity contribution in [3.05, 3.63) is 76.3 Å². The Kier molecular flexibility index (Phi) is 8.44. The largest absolute Gasteiger partial charge is 0.366 e. The van der Waals surface area contributed by atoms with Gasteiger partial charge in [0, 0.05) is 54.5 Å². The van der Waals surface area contributed by atoms with Crippen molar-refractivity contribution in [1.29, 1.82) is 0 Å². The third kappa shape index (κ3) is 5.46. The number of carbonyl (C=O) groups is 1. The summed E-state index contributed by atoms with van der Waals surface area (Å²) in [4.78, 5) is 25.1. The molecule has 0 saturated carbocycles. The van der Waals surface area contributed by atoms with Gasteiger partial charge in [0.2, 0.25) is 0 Å². The van der Waals surface area contributed by atoms with Gasteiger partial charge in [-0.3, -0.25) is 19.4 Å². The van der Waals surface area contributed by atoms with E-state index < -0.39 is 33.4 Å². The molecule has 10 nitrogen and oxygen atoms in total. The molecule has 0 radical (unpaired) electrons. The van der Waals surface area contributed by atoms with Crippen molar-refractivity contribution in [1.82, 2.24) is 29.6 Å². The lowest BCUT2D eigenvalue weighted by atomic mass is 9.99. The third-order valence-corrected chi connectivity index (χ3v) is 10.5. The predicted molar refractivity (Wildman–Crippen MR) is 185 cm³/mol. The number of H-pyrrole nitrogens is 1. The summed E-state index contributed by atoms with van der Waals surface area (Å²) in [5.41, 5.74) is 4.45. The minimum absolute atomic E-state index is 0.0374. The van der Waals surface area contributed by atoms with E-state index in [0.29, 0.717) is 27.8 Å². The van der Waals surface area contributed by atoms with Crippen LogP contribution in [0.3, 0.4) is 0 Å². The van der Waals surface area contributed by atoms with Crippen LogP contribution in [0, 0.1) is 24.3 Å². The number of nitrogens with zero attached hydrogens (tertiary/aromatic N) is 6. The van der Waals surface area contributed by atoms with Gasteiger partial charge in [-0.25, -0.2) is 22.2 Å². The first-order chi connectivity index (χ1) is 22.6. The molecule has 250 valence electrons. The van der Waals surface area contributed by atoms with Gasteiger partial charge in [0.1, 0.15) is 26.7 Å². The standard InChI is InChI=1S/C34H35F2N7O3S2/c1-17(2)27-29(19(4)10-11-37-27)43-32-22(14-24(36)28(39-32)26-18(3)8-9-25-23(26)15-38-40-25)30(31(34(43)47)48(7,45)46)41-12-13-42(20(5)16-41)33(44)21(6)35/h8-11,14-15,17,20H,6,12-13,16H2,1-5,7H3,(H,38,40)/t20-/m1/s1. The van der Waals surface area contributed by atoms with Crippen LogP contribution in [-0.4, -0.2) is 75.9 Å². The van der Waals surface area contributed by atoms with Crippen LogP contribution in [0.15, 0.2) is 54.0 Å². The number of amides is 1. The van der Waals surface area contributed by atoms with E-state index in [1.165, 1.54) is 11.0 Å². The second-order valence-electron chi connectivity index (χ2n) is 12.6. The van der Waals surface area contributed by atoms with Crippen LogP contribution in [0.25, 0.3) is 38.9 Å². The predicted octanol–water partition coefficient (Wildman–Crippen LogP) is 6.50. The van der Waals surface area contributed by atoms with Gasteiger partial charge in [-0.15, -0.1) is 0 Å². The number of sulfone groups is 1. The summed E-state index contributed by atoms with van der Waals surface area (Å²) >= 11 is 6.08. The lowest BCUT2D eigenvalue weighted by Crippen LogP contribution is -2.54. The summed E-state index contributed by atoms with van der Waals surface area (Å²) in [6, 6.07) is 6.28. The zero-order chi connectivity index (χ0) is 34.8. The zero-order valence-corrected chi connectivity index (χ0v) is 29.1. The molecule has 48 heavy (non-hydrogen) atoms. The minimum Gasteiger partial charge on any atom is -0.366 e. The molecule has 1 amide bonds. The number of hydrogen-bond acceptors (Lipinski definition) is 8. The van der Waals surface area contributed by atoms with E-state index in [0.717, 1.165) is 17.4 Å². The number of pyridine rings is 3. The van der Waals surface area contributed by atoms with Crippen LogP contribution in [-0.2, 0) is 14.6 Å². The van der Waals surface area contributed by atoms with Gasteiger partial charge in [0.25, 0.3) is 5.91 Å². The first-order valence-corrected chi connectivity index (χ1v) is 17.7. The van der Waals surface area contributed by atoms with Crippen molar-refractivity contribution in [2.24, 2.45) is 0 Å². The maximum Gasteiger partial charge on any atom is 0.282 e. The highest BCUT2D eigenvalue weighted by molar-refractivity contribution is 7.91. The van der Waals surface area contributed by atoms with Gasteiger partial charge >= 0.3 is 0 Å². The normalized spacial score (nSPS) is 15.6. The molecule has 1 saturated heterocycles. The SMILES string of the molecule is C=C(F)C(=O)N1CCN(c2c(S(C)(=O)=O)c(=S)n(-c3c(C)ccnc3C(C)C)c3nc(-c4c(C)ccc5[nH]ncc45)c(F)cc23)C[C@H]1C. The van der Waals surface area contributed by atoms with Crippen LogP contribution in [0.1, 0.15) is 43.5 Å². The summed E-state index contributed by atoms with van der Waals surface area (Å²) < 4.78 is 59.6. The number of hydrogen-bond donors (Lipinski definition) is 1. The molecule has 1 aliphatic rings. The molecular weight excluding hydrogens is 657 g/mol. The van der Waals surface area contributed by atoms with E-state index in [2.05, 4.69) is 21.8 Å². The average molecular weight is 692 g/mol. The Bertz CT molecular complexity index is 2330. The number of aryl methyl sites for hydroxylation is 2. The van der Waals surface area contributed by atoms with Crippen molar-refractivity contribution in [2.45, 2.75) is 51.5 Å². The van der Waals surface area contributed by atoms with E-state index in [4.69, 9.17) is 17.2 Å². The summed E-state index contributed by atoms with van der Waals surface area (Å²) in [5.74, 6) is -2.68. The molecule has 1 fully saturated rings. The second-order valence-corrected chi connectivity index (χ2v) is 14.9. The molecule has 0 bridgehead atoms. The Morgan fingerprint density at radius 2 is 1.85 bits per heavy atom. The molecule has 1 atom stereocenters. The fourth-order valence-electron chi connectivity index (χ4n) is 6.62. The van der Waals surface area contributed by atoms with Crippen molar-refractivity contribution < 1.29 is 22.0 Å². The third-order valence-electron chi connectivity index (χ3n) is 8.84. The van der Waals surface area contributed by atoms with Crippen molar-refractivity contribution in [3.8, 4) is 16.9 Å². The number of aromatic nitrogens is 5. The molecule has 1 aromatic carbocycles. The Labute approximate surface area is 282 Å². The number of aromatic amines is 1. The Morgan fingerprint density at radius 1 is 1.12 bits per heavy atom. The number of benzene rings is 1. The summed E-state index contributed by atoms with van der Waals surface area (Å²) in [5, 5.41) is 7.96. The number of carbonyl (C=O) groups excluding carboxylic acids is 1. The number of rotatable bonds is 6. The van der Waals surface area contributed by atoms with Gasteiger partial charge < -0.3 is 9.80 Å². The van der Waals surface area contributed by atoms with Crippen molar-refractivity contribution >= 4 is 55.6 Å². The van der Waals surface area contributed by atoms with Gasteiger partial charge in [0.05, 0.1) is 28.8 Å². The van der Waals surface area contributed by atoms with Gasteiger partial charge in [-0.1, -0.05) is 38.7 Å². The van der Waals surface area contributed by atoms with Crippen LogP contribution in [0.2, 0.25) is 0 Å². The molecule has 0 unspecified atom stereocenters. The molecule has 14 heteroatoms. The fourth-order valence-corrected chi connectivity index (χ4v) is 8.35. The monoisotopic (exact) mass is 691 g/mol. The first-order valence-electron chi connectivity index (χ1n) is 15.4. The lowest BCUT2D eigenvalue weighted by Gasteiger charge is -2.41. The molecule has 4 aromatic heterocycles. The quantitative estimate of drug-likeness (QED) is 0.159. The molecule has 0 spiro atoms. The van der Waals surface area contributed by atoms with E-state index in [1.807, 2.05) is 39.8 Å². The van der Waals surface area contributed by atoms with Crippen molar-refractivity contribution in [2.75, 3.05) is 30.8 Å². The molecule has 1 N–H and O–H groups in total. The molecule has 5 heterocycles. The first kappa shape index (κ1) is 33.3. The summed E-state index contributed by atoms with van der Waals surface area (Å²) in [6.45, 7) is 12.9. The number of anilines is 1. The zero-order valence-electron chi connectivity index (χ0n) is 27.4. The van der Waals surface area contributed by atoms with E-state index in [9.17, 15) is 17.6 Å². The van der Waals surface area contributed by atoms with Gasteiger partial charge in [0.15, 0.2) is 15.7 Å². The summed E-state index contributed by atoms with van der Waals surface area (Å²) in [6.07, 6.45) is 4.36. The average Bonchev–Trinajstić information content (AvgIpc) is 3.49. The smallest absolute Gasteiger partial charge is 0.282 e. The van der Waals surface area contributed by atoms with Crippen LogP contribution < -0.4 is 4.90 Å². The Balaban J connectivity index is 1.76. The number of fused-ring (bicyclic) bond motifs is 2. The number of nitrogens with one attached hydrogen (secondary N) is 1. The molecule has 0 aliphatic carbocycles. The summed E-state index contributed by atoms with van der Waals surface area (Å²) in [7, 11) is -4.05. The van der Waals surface area contributed by atoms with E-state index in [-0.39, 0.29) is 57.5 Å². The number of halogens is 2. The van der Waals surface area contributed by atoms with Gasteiger partial charge in [-0.2, -0.15) is 5.10 Å². The molecule has 1 aliphatic heterocycles. The topological polar surface area (TPSA) is 117 Å². The molecular formula is C34H35F2N7O3S2.